The molecule has 0 fully saturated rings. The number of rotatable bonds is 5. The summed E-state index contributed by atoms with van der Waals surface area (Å²) in [4.78, 5) is 15.9. The number of halogens is 1. The summed E-state index contributed by atoms with van der Waals surface area (Å²) in [5, 5.41) is 9.85. The lowest BCUT2D eigenvalue weighted by atomic mass is 10.0. The van der Waals surface area contributed by atoms with Crippen LogP contribution in [0.1, 0.15) is 15.4 Å². The van der Waals surface area contributed by atoms with Crippen LogP contribution in [0, 0.1) is 12.7 Å². The Balaban J connectivity index is 1.80. The van der Waals surface area contributed by atoms with Gasteiger partial charge in [-0.05, 0) is 43.3 Å². The molecule has 7 heteroatoms. The second-order valence-corrected chi connectivity index (χ2v) is 6.99. The highest BCUT2D eigenvalue weighted by molar-refractivity contribution is 7.17. The second-order valence-electron chi connectivity index (χ2n) is 5.99. The minimum absolute atomic E-state index is 0.109. The van der Waals surface area contributed by atoms with Crippen molar-refractivity contribution < 1.29 is 23.4 Å². The van der Waals surface area contributed by atoms with Gasteiger partial charge in [0.05, 0.1) is 18.2 Å². The highest BCUT2D eigenvalue weighted by atomic mass is 32.1. The largest absolute Gasteiger partial charge is 0.477 e. The maximum atomic E-state index is 14.0. The van der Waals surface area contributed by atoms with E-state index in [2.05, 4.69) is 4.98 Å². The molecule has 4 rings (SSSR count). The third kappa shape index (κ3) is 3.39. The van der Waals surface area contributed by atoms with Gasteiger partial charge in [-0.2, -0.15) is 0 Å². The first-order valence-corrected chi connectivity index (χ1v) is 9.14. The van der Waals surface area contributed by atoms with Crippen LogP contribution in [0.25, 0.3) is 21.7 Å². The van der Waals surface area contributed by atoms with E-state index in [1.165, 1.54) is 12.3 Å². The Kier molecular flexibility index (Phi) is 4.67. The predicted octanol–water partition coefficient (Wildman–Crippen LogP) is 6.01. The van der Waals surface area contributed by atoms with Gasteiger partial charge in [-0.1, -0.05) is 12.1 Å². The number of hydrogen-bond donors (Lipinski definition) is 1. The van der Waals surface area contributed by atoms with E-state index in [0.29, 0.717) is 22.0 Å². The van der Waals surface area contributed by atoms with Crippen LogP contribution < -0.4 is 4.74 Å². The standard InChI is InChI=1S/C21H14FNO4S/c1-12-19(21(24)25)28-20(23-12)13-6-7-17(15(10-13)14-8-9-26-11-14)27-18-5-3-2-4-16(18)22/h2-11H,1H3,(H,24,25). The first-order valence-electron chi connectivity index (χ1n) is 8.33. The molecule has 0 bridgehead atoms. The second kappa shape index (κ2) is 7.28. The molecule has 2 aromatic carbocycles. The van der Waals surface area contributed by atoms with Crippen molar-refractivity contribution in [1.82, 2.24) is 4.98 Å². The molecule has 0 aliphatic heterocycles. The van der Waals surface area contributed by atoms with E-state index < -0.39 is 11.8 Å². The number of thiazole rings is 1. The Bertz CT molecular complexity index is 1150. The quantitative estimate of drug-likeness (QED) is 0.448. The van der Waals surface area contributed by atoms with Gasteiger partial charge in [0.25, 0.3) is 0 Å². The fourth-order valence-corrected chi connectivity index (χ4v) is 3.66. The number of ether oxygens (including phenoxy) is 1. The van der Waals surface area contributed by atoms with E-state index >= 15 is 0 Å². The molecule has 2 aromatic heterocycles. The van der Waals surface area contributed by atoms with E-state index in [-0.39, 0.29) is 10.6 Å². The molecule has 0 saturated heterocycles. The van der Waals surface area contributed by atoms with E-state index in [0.717, 1.165) is 22.5 Å². The van der Waals surface area contributed by atoms with Gasteiger partial charge in [0.1, 0.15) is 15.6 Å². The minimum atomic E-state index is -1.00. The zero-order valence-corrected chi connectivity index (χ0v) is 15.5. The fraction of sp³-hybridized carbons (Fsp3) is 0.0476. The molecule has 0 spiro atoms. The van der Waals surface area contributed by atoms with Crippen molar-refractivity contribution in [2.75, 3.05) is 0 Å². The molecule has 0 atom stereocenters. The zero-order valence-electron chi connectivity index (χ0n) is 14.7. The van der Waals surface area contributed by atoms with Crippen LogP contribution in [0.5, 0.6) is 11.5 Å². The number of para-hydroxylation sites is 1. The van der Waals surface area contributed by atoms with Gasteiger partial charge in [0.2, 0.25) is 0 Å². The Morgan fingerprint density at radius 1 is 1.14 bits per heavy atom. The Morgan fingerprint density at radius 2 is 1.96 bits per heavy atom. The van der Waals surface area contributed by atoms with Crippen molar-refractivity contribution in [1.29, 1.82) is 0 Å². The lowest BCUT2D eigenvalue weighted by Crippen LogP contribution is -1.94. The summed E-state index contributed by atoms with van der Waals surface area (Å²) in [6.07, 6.45) is 3.09. The molecule has 140 valence electrons. The van der Waals surface area contributed by atoms with Crippen molar-refractivity contribution in [3.63, 3.8) is 0 Å². The highest BCUT2D eigenvalue weighted by Gasteiger charge is 2.18. The van der Waals surface area contributed by atoms with Crippen molar-refractivity contribution >= 4 is 17.3 Å². The summed E-state index contributed by atoms with van der Waals surface area (Å²) in [7, 11) is 0. The highest BCUT2D eigenvalue weighted by Crippen LogP contribution is 2.38. The number of nitrogens with zero attached hydrogens (tertiary/aromatic N) is 1. The van der Waals surface area contributed by atoms with Crippen molar-refractivity contribution in [2.24, 2.45) is 0 Å². The van der Waals surface area contributed by atoms with Gasteiger partial charge in [-0.15, -0.1) is 11.3 Å². The van der Waals surface area contributed by atoms with Crippen molar-refractivity contribution in [3.05, 3.63) is 77.4 Å². The Hall–Kier alpha value is -3.45. The normalized spacial score (nSPS) is 10.8. The molecule has 2 heterocycles. The smallest absolute Gasteiger partial charge is 0.347 e. The lowest BCUT2D eigenvalue weighted by Gasteiger charge is -2.12. The number of aromatic nitrogens is 1. The SMILES string of the molecule is Cc1nc(-c2ccc(Oc3ccccc3F)c(-c3ccoc3)c2)sc1C(=O)O. The molecule has 1 N–H and O–H groups in total. The van der Waals surface area contributed by atoms with Gasteiger partial charge < -0.3 is 14.3 Å². The van der Waals surface area contributed by atoms with Gasteiger partial charge in [0, 0.05) is 16.7 Å². The Labute approximate surface area is 163 Å². The van der Waals surface area contributed by atoms with Gasteiger partial charge >= 0.3 is 5.97 Å². The third-order valence-electron chi connectivity index (χ3n) is 4.11. The Morgan fingerprint density at radius 3 is 2.64 bits per heavy atom. The number of aryl methyl sites for hydroxylation is 1. The molecule has 0 unspecified atom stereocenters. The number of carboxylic acid groups (broad SMARTS) is 1. The zero-order chi connectivity index (χ0) is 19.7. The molecule has 0 aliphatic rings. The first kappa shape index (κ1) is 17.9. The molecule has 0 saturated carbocycles. The van der Waals surface area contributed by atoms with Crippen LogP contribution in [-0.2, 0) is 0 Å². The lowest BCUT2D eigenvalue weighted by molar-refractivity contribution is 0.0701. The molecule has 5 nitrogen and oxygen atoms in total. The average Bonchev–Trinajstić information content (AvgIpc) is 3.34. The topological polar surface area (TPSA) is 72.6 Å². The van der Waals surface area contributed by atoms with Gasteiger partial charge in [-0.3, -0.25) is 0 Å². The number of benzene rings is 2. The molecule has 0 aliphatic carbocycles. The van der Waals surface area contributed by atoms with E-state index in [4.69, 9.17) is 9.15 Å². The summed E-state index contributed by atoms with van der Waals surface area (Å²) >= 11 is 1.10. The number of carboxylic acids is 1. The van der Waals surface area contributed by atoms with Gasteiger partial charge in [-0.25, -0.2) is 14.2 Å². The summed E-state index contributed by atoms with van der Waals surface area (Å²) < 4.78 is 25.0. The molecule has 28 heavy (non-hydrogen) atoms. The minimum Gasteiger partial charge on any atom is -0.477 e. The summed E-state index contributed by atoms with van der Waals surface area (Å²) in [5.41, 5.74) is 2.63. The molecule has 4 aromatic rings. The molecule has 0 amide bonds. The number of hydrogen-bond acceptors (Lipinski definition) is 5. The summed E-state index contributed by atoms with van der Waals surface area (Å²) in [5.74, 6) is -0.914. The van der Waals surface area contributed by atoms with Crippen LogP contribution >= 0.6 is 11.3 Å². The average molecular weight is 395 g/mol. The molecular weight excluding hydrogens is 381 g/mol. The van der Waals surface area contributed by atoms with E-state index in [1.807, 2.05) is 6.07 Å². The maximum absolute atomic E-state index is 14.0. The first-order chi connectivity index (χ1) is 13.5. The number of furan rings is 1. The monoisotopic (exact) mass is 395 g/mol. The summed E-state index contributed by atoms with van der Waals surface area (Å²) in [6, 6.07) is 13.2. The van der Waals surface area contributed by atoms with Crippen LogP contribution in [0.4, 0.5) is 4.39 Å². The summed E-state index contributed by atoms with van der Waals surface area (Å²) in [6.45, 7) is 1.66. The van der Waals surface area contributed by atoms with Crippen molar-refractivity contribution in [3.8, 4) is 33.2 Å². The van der Waals surface area contributed by atoms with Crippen molar-refractivity contribution in [2.45, 2.75) is 6.92 Å². The van der Waals surface area contributed by atoms with Gasteiger partial charge in [0.15, 0.2) is 11.6 Å². The van der Waals surface area contributed by atoms with Crippen LogP contribution in [0.3, 0.4) is 0 Å². The third-order valence-corrected chi connectivity index (χ3v) is 5.30. The molecular formula is C21H14FNO4S. The van der Waals surface area contributed by atoms with E-state index in [9.17, 15) is 14.3 Å². The van der Waals surface area contributed by atoms with Crippen LogP contribution in [-0.4, -0.2) is 16.1 Å². The number of aromatic carboxylic acids is 1. The van der Waals surface area contributed by atoms with E-state index in [1.54, 1.807) is 49.6 Å². The van der Waals surface area contributed by atoms with Crippen LogP contribution in [0.2, 0.25) is 0 Å². The predicted molar refractivity (Wildman–Crippen MR) is 103 cm³/mol. The van der Waals surface area contributed by atoms with Crippen LogP contribution in [0.15, 0.2) is 65.5 Å². The maximum Gasteiger partial charge on any atom is 0.347 e. The fourth-order valence-electron chi connectivity index (χ4n) is 2.76. The number of carbonyl (C=O) groups is 1. The molecule has 0 radical (unpaired) electrons.